The van der Waals surface area contributed by atoms with Crippen molar-refractivity contribution in [3.8, 4) is 0 Å². The van der Waals surface area contributed by atoms with Gasteiger partial charge in [-0.15, -0.1) is 0 Å². The maximum absolute atomic E-state index is 13.5. The summed E-state index contributed by atoms with van der Waals surface area (Å²) in [6.07, 6.45) is -1.33. The number of carbonyl (C=O) groups excluding carboxylic acids is 2. The molecular weight excluding hydrogens is 269 g/mol. The third kappa shape index (κ3) is 2.09. The number of hydrogen-bond donors (Lipinski definition) is 1. The number of esters is 1. The molecule has 1 atom stereocenters. The second-order valence-electron chi connectivity index (χ2n) is 4.56. The number of carbonyl (C=O) groups is 3. The molecule has 0 spiro atoms. The molecule has 0 radical (unpaired) electrons. The van der Waals surface area contributed by atoms with Crippen LogP contribution in [0, 0.1) is 6.92 Å². The van der Waals surface area contributed by atoms with Gasteiger partial charge in [0.15, 0.2) is 0 Å². The van der Waals surface area contributed by atoms with Crippen molar-refractivity contribution >= 4 is 17.7 Å². The molecule has 0 aromatic carbocycles. The predicted octanol–water partition coefficient (Wildman–Crippen LogP) is 1.13. The lowest BCUT2D eigenvalue weighted by atomic mass is 10.0. The van der Waals surface area contributed by atoms with Crippen LogP contribution in [0.25, 0.3) is 0 Å². The quantitative estimate of drug-likeness (QED) is 0.508. The minimum atomic E-state index is -1.25. The predicted molar refractivity (Wildman–Crippen MR) is 65.7 cm³/mol. The van der Waals surface area contributed by atoms with E-state index >= 15 is 0 Å². The van der Waals surface area contributed by atoms with Crippen LogP contribution in [0.1, 0.15) is 39.0 Å². The van der Waals surface area contributed by atoms with Gasteiger partial charge < -0.3 is 14.4 Å². The number of halogens is 1. The van der Waals surface area contributed by atoms with Crippen molar-refractivity contribution < 1.29 is 28.6 Å². The van der Waals surface area contributed by atoms with E-state index in [2.05, 4.69) is 4.74 Å². The molecule has 0 saturated carbocycles. The van der Waals surface area contributed by atoms with Gasteiger partial charge >= 0.3 is 11.9 Å². The summed E-state index contributed by atoms with van der Waals surface area (Å²) in [6.45, 7) is 2.92. The maximum atomic E-state index is 13.5. The van der Waals surface area contributed by atoms with Crippen molar-refractivity contribution in [2.75, 3.05) is 6.61 Å². The lowest BCUT2D eigenvalue weighted by Gasteiger charge is -2.03. The molecule has 0 bridgehead atoms. The second kappa shape index (κ2) is 5.07. The van der Waals surface area contributed by atoms with Gasteiger partial charge in [-0.05, 0) is 19.4 Å². The highest BCUT2D eigenvalue weighted by molar-refractivity contribution is 6.41. The molecule has 1 aromatic heterocycles. The highest BCUT2D eigenvalue weighted by Crippen LogP contribution is 2.30. The topological polar surface area (TPSA) is 85.6 Å². The van der Waals surface area contributed by atoms with Gasteiger partial charge in [-0.2, -0.15) is 0 Å². The summed E-state index contributed by atoms with van der Waals surface area (Å²) < 4.78 is 19.4. The largest absolute Gasteiger partial charge is 0.477 e. The van der Waals surface area contributed by atoms with Gasteiger partial charge in [0.1, 0.15) is 11.9 Å². The molecule has 1 aromatic rings. The van der Waals surface area contributed by atoms with E-state index < -0.39 is 23.9 Å². The molecule has 1 unspecified atom stereocenters. The Labute approximate surface area is 114 Å². The Balaban J connectivity index is 2.55. The number of alkyl halides is 1. The molecule has 2 heterocycles. The molecule has 0 aliphatic carbocycles. The minimum absolute atomic E-state index is 0.0389. The summed E-state index contributed by atoms with van der Waals surface area (Å²) in [5, 5.41) is 9.18. The maximum Gasteiger partial charge on any atom is 0.379 e. The Kier molecular flexibility index (Phi) is 3.61. The molecule has 108 valence electrons. The van der Waals surface area contributed by atoms with Crippen LogP contribution >= 0.6 is 0 Å². The average Bonchev–Trinajstić information content (AvgIpc) is 2.81. The van der Waals surface area contributed by atoms with E-state index in [1.54, 1.807) is 6.92 Å². The zero-order chi connectivity index (χ0) is 15.0. The first-order valence-electron chi connectivity index (χ1n) is 6.19. The van der Waals surface area contributed by atoms with E-state index in [9.17, 15) is 23.9 Å². The molecule has 6 nitrogen and oxygen atoms in total. The number of aromatic carboxylic acids is 1. The van der Waals surface area contributed by atoms with Crippen LogP contribution in [0.5, 0.6) is 0 Å². The fraction of sp³-hybridized carbons (Fsp3) is 0.462. The third-order valence-electron chi connectivity index (χ3n) is 3.30. The van der Waals surface area contributed by atoms with Crippen molar-refractivity contribution in [2.24, 2.45) is 0 Å². The number of ether oxygens (including phenoxy) is 1. The number of Topliss-reactive ketones (excluding diaryl/α,β-unsaturated/α-hetero) is 1. The fourth-order valence-electron chi connectivity index (χ4n) is 2.57. The van der Waals surface area contributed by atoms with E-state index in [1.165, 1.54) is 11.5 Å². The number of ketones is 1. The molecule has 0 saturated heterocycles. The Hall–Kier alpha value is -2.18. The minimum Gasteiger partial charge on any atom is -0.477 e. The van der Waals surface area contributed by atoms with E-state index in [0.29, 0.717) is 0 Å². The van der Waals surface area contributed by atoms with Crippen LogP contribution in [0.3, 0.4) is 0 Å². The van der Waals surface area contributed by atoms with Crippen molar-refractivity contribution in [1.29, 1.82) is 0 Å². The van der Waals surface area contributed by atoms with E-state index in [4.69, 9.17) is 0 Å². The summed E-state index contributed by atoms with van der Waals surface area (Å²) in [7, 11) is 0. The Morgan fingerprint density at radius 1 is 1.45 bits per heavy atom. The molecule has 1 aliphatic heterocycles. The summed E-state index contributed by atoms with van der Waals surface area (Å²) in [5.74, 6) is -3.22. The van der Waals surface area contributed by atoms with Crippen LogP contribution in [0.15, 0.2) is 0 Å². The summed E-state index contributed by atoms with van der Waals surface area (Å²) >= 11 is 0. The highest BCUT2D eigenvalue weighted by atomic mass is 19.1. The number of aromatic nitrogens is 1. The number of carboxylic acids is 1. The third-order valence-corrected chi connectivity index (χ3v) is 3.30. The summed E-state index contributed by atoms with van der Waals surface area (Å²) in [6, 6.07) is 0. The number of rotatable bonds is 4. The Bertz CT molecular complexity index is 604. The molecule has 1 aliphatic rings. The fourth-order valence-corrected chi connectivity index (χ4v) is 2.57. The lowest BCUT2D eigenvalue weighted by Crippen LogP contribution is -2.19. The molecule has 1 N–H and O–H groups in total. The average molecular weight is 283 g/mol. The van der Waals surface area contributed by atoms with Crippen LogP contribution < -0.4 is 0 Å². The van der Waals surface area contributed by atoms with Crippen molar-refractivity contribution in [2.45, 2.75) is 33.0 Å². The zero-order valence-electron chi connectivity index (χ0n) is 11.1. The zero-order valence-corrected chi connectivity index (χ0v) is 11.1. The van der Waals surface area contributed by atoms with Gasteiger partial charge in [-0.25, -0.2) is 14.0 Å². The molecule has 20 heavy (non-hydrogen) atoms. The lowest BCUT2D eigenvalue weighted by molar-refractivity contribution is -0.137. The Morgan fingerprint density at radius 3 is 2.65 bits per heavy atom. The normalized spacial score (nSPS) is 16.9. The van der Waals surface area contributed by atoms with E-state index in [1.807, 2.05) is 0 Å². The number of fused-ring (bicyclic) bond motifs is 1. The van der Waals surface area contributed by atoms with Crippen LogP contribution in [0.4, 0.5) is 4.39 Å². The van der Waals surface area contributed by atoms with E-state index in [0.717, 1.165) is 0 Å². The van der Waals surface area contributed by atoms with Crippen LogP contribution in [-0.4, -0.2) is 40.2 Å². The summed E-state index contributed by atoms with van der Waals surface area (Å²) in [4.78, 5) is 34.8. The molecule has 7 heteroatoms. The Morgan fingerprint density at radius 2 is 2.10 bits per heavy atom. The number of carboxylic acid groups (broad SMARTS) is 1. The van der Waals surface area contributed by atoms with Gasteiger partial charge in [0.05, 0.1) is 18.7 Å². The first-order valence-corrected chi connectivity index (χ1v) is 6.19. The van der Waals surface area contributed by atoms with Gasteiger partial charge in [-0.3, -0.25) is 4.79 Å². The number of hydrogen-bond acceptors (Lipinski definition) is 4. The first-order chi connectivity index (χ1) is 9.38. The van der Waals surface area contributed by atoms with E-state index in [-0.39, 0.29) is 42.1 Å². The molecule has 2 rings (SSSR count). The summed E-state index contributed by atoms with van der Waals surface area (Å²) in [5.41, 5.74) is 0.247. The van der Waals surface area contributed by atoms with Gasteiger partial charge in [0.25, 0.3) is 5.78 Å². The molecular formula is C13H14FNO5. The molecule has 0 fully saturated rings. The standard InChI is InChI=1S/C13H14FNO5/c1-3-20-13(19)11(16)9-6(2)10(12(17)18)15-5-7(14)4-8(9)15/h7H,3-5H2,1-2H3,(H,17,18). The van der Waals surface area contributed by atoms with Gasteiger partial charge in [-0.1, -0.05) is 0 Å². The number of nitrogens with zero attached hydrogens (tertiary/aromatic N) is 1. The van der Waals surface area contributed by atoms with Crippen LogP contribution in [0.2, 0.25) is 0 Å². The molecule has 0 amide bonds. The van der Waals surface area contributed by atoms with Gasteiger partial charge in [0, 0.05) is 12.1 Å². The van der Waals surface area contributed by atoms with Crippen molar-refractivity contribution in [1.82, 2.24) is 4.57 Å². The second-order valence-corrected chi connectivity index (χ2v) is 4.56. The van der Waals surface area contributed by atoms with Crippen molar-refractivity contribution in [3.63, 3.8) is 0 Å². The monoisotopic (exact) mass is 283 g/mol. The van der Waals surface area contributed by atoms with Crippen LogP contribution in [-0.2, 0) is 22.5 Å². The first kappa shape index (κ1) is 14.2. The highest BCUT2D eigenvalue weighted by Gasteiger charge is 2.36. The SMILES string of the molecule is CCOC(=O)C(=O)c1c(C)c(C(=O)O)n2c1CC(F)C2. The smallest absolute Gasteiger partial charge is 0.379 e. The van der Waals surface area contributed by atoms with Gasteiger partial charge in [0.2, 0.25) is 0 Å². The van der Waals surface area contributed by atoms with Crippen molar-refractivity contribution in [3.05, 3.63) is 22.5 Å².